The van der Waals surface area contributed by atoms with E-state index in [1.807, 2.05) is 0 Å². The Kier molecular flexibility index (Phi) is 6.87. The lowest BCUT2D eigenvalue weighted by Crippen LogP contribution is -2.12. The number of aromatic nitrogens is 1. The Hall–Kier alpha value is -4.22. The molecular weight excluding hydrogens is 472 g/mol. The van der Waals surface area contributed by atoms with Gasteiger partial charge in [0, 0.05) is 17.3 Å². The standard InChI is InChI=1S/C37H36N2/c1-36(2,3)22-25-11-13-26(14-12-25)27-15-17-28(18-16-27)33-21-35(39-24-31(33)23-38)30-19-29-9-7-8-10-32(29)34(20-30)37(4,5)6/h7-21,24H,22H2,1-6H3. The molecule has 0 aliphatic carbocycles. The number of hydrogen-bond donors (Lipinski definition) is 0. The van der Waals surface area contributed by atoms with E-state index in [0.717, 1.165) is 34.4 Å². The number of pyridine rings is 1. The van der Waals surface area contributed by atoms with Crippen LogP contribution in [-0.4, -0.2) is 4.98 Å². The van der Waals surface area contributed by atoms with Gasteiger partial charge in [-0.2, -0.15) is 5.26 Å². The van der Waals surface area contributed by atoms with Crippen molar-refractivity contribution >= 4 is 10.8 Å². The highest BCUT2D eigenvalue weighted by molar-refractivity contribution is 5.91. The van der Waals surface area contributed by atoms with Crippen LogP contribution in [-0.2, 0) is 11.8 Å². The van der Waals surface area contributed by atoms with Crippen LogP contribution in [0, 0.1) is 16.7 Å². The van der Waals surface area contributed by atoms with E-state index in [4.69, 9.17) is 4.98 Å². The molecule has 0 fully saturated rings. The predicted molar refractivity (Wildman–Crippen MR) is 165 cm³/mol. The van der Waals surface area contributed by atoms with Crippen LogP contribution in [0.25, 0.3) is 44.3 Å². The second-order valence-electron chi connectivity index (χ2n) is 12.7. The minimum Gasteiger partial charge on any atom is -0.255 e. The van der Waals surface area contributed by atoms with Crippen LogP contribution in [0.5, 0.6) is 0 Å². The third kappa shape index (κ3) is 5.79. The summed E-state index contributed by atoms with van der Waals surface area (Å²) in [6.45, 7) is 13.5. The van der Waals surface area contributed by atoms with Crippen molar-refractivity contribution in [3.63, 3.8) is 0 Å². The maximum Gasteiger partial charge on any atom is 0.101 e. The normalized spacial score (nSPS) is 11.9. The summed E-state index contributed by atoms with van der Waals surface area (Å²) in [7, 11) is 0. The number of hydrogen-bond acceptors (Lipinski definition) is 2. The third-order valence-corrected chi connectivity index (χ3v) is 7.21. The molecule has 2 nitrogen and oxygen atoms in total. The van der Waals surface area contributed by atoms with Gasteiger partial charge in [-0.15, -0.1) is 0 Å². The predicted octanol–water partition coefficient (Wildman–Crippen LogP) is 9.99. The van der Waals surface area contributed by atoms with Gasteiger partial charge in [-0.3, -0.25) is 4.98 Å². The van der Waals surface area contributed by atoms with Gasteiger partial charge in [-0.05, 0) is 74.0 Å². The van der Waals surface area contributed by atoms with E-state index >= 15 is 0 Å². The highest BCUT2D eigenvalue weighted by Gasteiger charge is 2.19. The van der Waals surface area contributed by atoms with Crippen LogP contribution < -0.4 is 0 Å². The molecule has 0 spiro atoms. The first-order chi connectivity index (χ1) is 18.5. The molecule has 5 rings (SSSR count). The lowest BCUT2D eigenvalue weighted by Gasteiger charge is -2.23. The van der Waals surface area contributed by atoms with Crippen molar-refractivity contribution in [3.05, 3.63) is 114 Å². The van der Waals surface area contributed by atoms with Crippen molar-refractivity contribution < 1.29 is 0 Å². The fourth-order valence-corrected chi connectivity index (χ4v) is 5.29. The Morgan fingerprint density at radius 2 is 1.31 bits per heavy atom. The lowest BCUT2D eigenvalue weighted by atomic mass is 9.82. The number of rotatable bonds is 4. The average molecular weight is 509 g/mol. The van der Waals surface area contributed by atoms with Crippen LogP contribution in [0.15, 0.2) is 97.2 Å². The molecule has 0 bridgehead atoms. The molecule has 4 aromatic carbocycles. The summed E-state index contributed by atoms with van der Waals surface area (Å²) in [6.07, 6.45) is 2.76. The summed E-state index contributed by atoms with van der Waals surface area (Å²) in [5.74, 6) is 0. The fraction of sp³-hybridized carbons (Fsp3) is 0.243. The second kappa shape index (κ2) is 10.2. The van der Waals surface area contributed by atoms with Gasteiger partial charge in [0.1, 0.15) is 6.07 Å². The third-order valence-electron chi connectivity index (χ3n) is 7.21. The Morgan fingerprint density at radius 3 is 1.92 bits per heavy atom. The first-order valence-electron chi connectivity index (χ1n) is 13.7. The van der Waals surface area contributed by atoms with Gasteiger partial charge in [-0.25, -0.2) is 0 Å². The summed E-state index contributed by atoms with van der Waals surface area (Å²) in [4.78, 5) is 4.71. The number of nitrogens with zero attached hydrogens (tertiary/aromatic N) is 2. The zero-order valence-corrected chi connectivity index (χ0v) is 23.8. The maximum absolute atomic E-state index is 9.88. The zero-order chi connectivity index (χ0) is 27.8. The minimum atomic E-state index is -0.00812. The van der Waals surface area contributed by atoms with E-state index in [9.17, 15) is 5.26 Å². The van der Waals surface area contributed by atoms with Gasteiger partial charge >= 0.3 is 0 Å². The topological polar surface area (TPSA) is 36.7 Å². The summed E-state index contributed by atoms with van der Waals surface area (Å²) in [5.41, 5.74) is 9.71. The van der Waals surface area contributed by atoms with Crippen LogP contribution >= 0.6 is 0 Å². The number of benzene rings is 4. The van der Waals surface area contributed by atoms with Crippen LogP contribution in [0.2, 0.25) is 0 Å². The molecule has 0 amide bonds. The molecule has 0 N–H and O–H groups in total. The first kappa shape index (κ1) is 26.4. The fourth-order valence-electron chi connectivity index (χ4n) is 5.29. The van der Waals surface area contributed by atoms with Crippen molar-refractivity contribution in [2.45, 2.75) is 53.4 Å². The van der Waals surface area contributed by atoms with Crippen LogP contribution in [0.3, 0.4) is 0 Å². The van der Waals surface area contributed by atoms with E-state index in [1.165, 1.54) is 27.5 Å². The van der Waals surface area contributed by atoms with Crippen molar-refractivity contribution in [2.24, 2.45) is 5.41 Å². The number of fused-ring (bicyclic) bond motifs is 1. The monoisotopic (exact) mass is 508 g/mol. The maximum atomic E-state index is 9.88. The summed E-state index contributed by atoms with van der Waals surface area (Å²) in [5, 5.41) is 12.4. The smallest absolute Gasteiger partial charge is 0.101 e. The van der Waals surface area contributed by atoms with Crippen molar-refractivity contribution in [3.8, 4) is 39.6 Å². The molecule has 194 valence electrons. The molecule has 0 unspecified atom stereocenters. The van der Waals surface area contributed by atoms with E-state index < -0.39 is 0 Å². The average Bonchev–Trinajstić information content (AvgIpc) is 2.91. The molecule has 0 radical (unpaired) electrons. The van der Waals surface area contributed by atoms with E-state index in [0.29, 0.717) is 5.56 Å². The quantitative estimate of drug-likeness (QED) is 0.242. The Morgan fingerprint density at radius 1 is 0.692 bits per heavy atom. The highest BCUT2D eigenvalue weighted by Crippen LogP contribution is 2.36. The molecule has 0 saturated heterocycles. The first-order valence-corrected chi connectivity index (χ1v) is 13.7. The van der Waals surface area contributed by atoms with Crippen LogP contribution in [0.1, 0.15) is 58.2 Å². The molecule has 5 aromatic rings. The zero-order valence-electron chi connectivity index (χ0n) is 23.8. The van der Waals surface area contributed by atoms with E-state index in [1.54, 1.807) is 6.20 Å². The molecule has 1 aromatic heterocycles. The molecule has 39 heavy (non-hydrogen) atoms. The Balaban J connectivity index is 1.51. The van der Waals surface area contributed by atoms with E-state index in [2.05, 4.69) is 139 Å². The molecule has 2 heteroatoms. The Bertz CT molecular complexity index is 1670. The van der Waals surface area contributed by atoms with Gasteiger partial charge < -0.3 is 0 Å². The largest absolute Gasteiger partial charge is 0.255 e. The minimum absolute atomic E-state index is 0.00812. The van der Waals surface area contributed by atoms with Gasteiger partial charge in [0.2, 0.25) is 0 Å². The second-order valence-corrected chi connectivity index (χ2v) is 12.7. The van der Waals surface area contributed by atoms with Gasteiger partial charge in [0.05, 0.1) is 11.3 Å². The van der Waals surface area contributed by atoms with Crippen molar-refractivity contribution in [2.75, 3.05) is 0 Å². The van der Waals surface area contributed by atoms with Crippen molar-refractivity contribution in [1.82, 2.24) is 4.98 Å². The highest BCUT2D eigenvalue weighted by atomic mass is 14.7. The molecule has 0 saturated carbocycles. The molecular formula is C37H36N2. The summed E-state index contributed by atoms with van der Waals surface area (Å²) in [6, 6.07) is 34.8. The SMILES string of the molecule is CC(C)(C)Cc1ccc(-c2ccc(-c3cc(-c4cc(C(C)(C)C)c5ccccc5c4)ncc3C#N)cc2)cc1. The molecule has 0 aliphatic heterocycles. The van der Waals surface area contributed by atoms with Gasteiger partial charge in [-0.1, -0.05) is 114 Å². The van der Waals surface area contributed by atoms with Crippen molar-refractivity contribution in [1.29, 1.82) is 5.26 Å². The molecule has 0 aliphatic rings. The summed E-state index contributed by atoms with van der Waals surface area (Å²) >= 11 is 0. The summed E-state index contributed by atoms with van der Waals surface area (Å²) < 4.78 is 0. The Labute approximate surface area is 233 Å². The van der Waals surface area contributed by atoms with Crippen LogP contribution in [0.4, 0.5) is 0 Å². The number of nitriles is 1. The molecule has 0 atom stereocenters. The van der Waals surface area contributed by atoms with Gasteiger partial charge in [0.15, 0.2) is 0 Å². The molecule has 1 heterocycles. The van der Waals surface area contributed by atoms with Gasteiger partial charge in [0.25, 0.3) is 0 Å². The lowest BCUT2D eigenvalue weighted by molar-refractivity contribution is 0.411. The van der Waals surface area contributed by atoms with E-state index in [-0.39, 0.29) is 10.8 Å².